The van der Waals surface area contributed by atoms with Crippen molar-refractivity contribution in [1.29, 1.82) is 0 Å². The van der Waals surface area contributed by atoms with E-state index < -0.39 is 0 Å². The molecule has 7 aromatic carbocycles. The lowest BCUT2D eigenvalue weighted by molar-refractivity contribution is 1.02. The summed E-state index contributed by atoms with van der Waals surface area (Å²) in [5.74, 6) is 0.673. The van der Waals surface area contributed by atoms with Gasteiger partial charge in [-0.2, -0.15) is 0 Å². The smallest absolute Gasteiger partial charge is 0.235 e. The van der Waals surface area contributed by atoms with Gasteiger partial charge in [0.25, 0.3) is 0 Å². The largest absolute Gasteiger partial charge is 0.307 e. The summed E-state index contributed by atoms with van der Waals surface area (Å²) in [5, 5.41) is 11.0. The zero-order chi connectivity index (χ0) is 29.9. The molecule has 0 saturated heterocycles. The molecule has 4 heterocycles. The first-order valence-electron chi connectivity index (χ1n) is 15.7. The van der Waals surface area contributed by atoms with Gasteiger partial charge in [-0.15, -0.1) is 0 Å². The second-order valence-electron chi connectivity index (χ2n) is 12.2. The fourth-order valence-electron chi connectivity index (χ4n) is 8.03. The van der Waals surface area contributed by atoms with Crippen LogP contribution in [0.25, 0.3) is 98.8 Å². The van der Waals surface area contributed by atoms with Crippen molar-refractivity contribution in [2.75, 3.05) is 0 Å². The minimum atomic E-state index is 0.673. The Balaban J connectivity index is 1.43. The van der Waals surface area contributed by atoms with E-state index in [1.807, 2.05) is 6.07 Å². The third kappa shape index (κ3) is 2.94. The number of rotatable bonds is 2. The van der Waals surface area contributed by atoms with Crippen LogP contribution in [0.3, 0.4) is 0 Å². The number of nitrogens with zero attached hydrogens (tertiary/aromatic N) is 4. The van der Waals surface area contributed by atoms with Gasteiger partial charge in [-0.1, -0.05) is 127 Å². The quantitative estimate of drug-likeness (QED) is 0.203. The zero-order valence-corrected chi connectivity index (χ0v) is 24.6. The minimum Gasteiger partial charge on any atom is -0.307 e. The Morgan fingerprint density at radius 1 is 0.370 bits per heavy atom. The first kappa shape index (κ1) is 24.1. The first-order chi connectivity index (χ1) is 22.9. The molecular weight excluding hydrogens is 560 g/mol. The average Bonchev–Trinajstić information content (AvgIpc) is 3.77. The highest BCUT2D eigenvalue weighted by Gasteiger charge is 2.26. The van der Waals surface area contributed by atoms with Gasteiger partial charge in [-0.25, -0.2) is 9.97 Å². The maximum Gasteiger partial charge on any atom is 0.235 e. The van der Waals surface area contributed by atoms with Crippen LogP contribution in [0.2, 0.25) is 0 Å². The van der Waals surface area contributed by atoms with E-state index in [1.165, 1.54) is 59.6 Å². The van der Waals surface area contributed by atoms with Crippen LogP contribution >= 0.6 is 0 Å². The lowest BCUT2D eigenvalue weighted by Gasteiger charge is -2.13. The normalized spacial score (nSPS) is 12.3. The predicted molar refractivity (Wildman–Crippen MR) is 191 cm³/mol. The van der Waals surface area contributed by atoms with Gasteiger partial charge < -0.3 is 4.40 Å². The van der Waals surface area contributed by atoms with Gasteiger partial charge in [0.15, 0.2) is 0 Å². The molecule has 0 amide bonds. The van der Waals surface area contributed by atoms with Crippen LogP contribution in [0, 0.1) is 0 Å². The molecule has 0 saturated carbocycles. The summed E-state index contributed by atoms with van der Waals surface area (Å²) in [6, 6.07) is 51.9. The first-order valence-corrected chi connectivity index (χ1v) is 15.7. The number of fused-ring (bicyclic) bond motifs is 14. The molecule has 212 valence electrons. The van der Waals surface area contributed by atoms with Gasteiger partial charge in [0.05, 0.1) is 38.8 Å². The summed E-state index contributed by atoms with van der Waals surface area (Å²) in [6.45, 7) is 0. The number of para-hydroxylation sites is 4. The van der Waals surface area contributed by atoms with Crippen LogP contribution in [-0.2, 0) is 0 Å². The molecule has 0 unspecified atom stereocenters. The van der Waals surface area contributed by atoms with Crippen LogP contribution < -0.4 is 0 Å². The molecule has 0 spiro atoms. The van der Waals surface area contributed by atoms with Gasteiger partial charge in [0.2, 0.25) is 5.95 Å². The van der Waals surface area contributed by atoms with Crippen molar-refractivity contribution < 1.29 is 0 Å². The molecule has 4 heteroatoms. The maximum atomic E-state index is 5.38. The van der Waals surface area contributed by atoms with E-state index >= 15 is 0 Å². The second kappa shape index (κ2) is 8.68. The number of aromatic nitrogens is 4. The average molecular weight is 585 g/mol. The van der Waals surface area contributed by atoms with Crippen LogP contribution in [0.15, 0.2) is 146 Å². The van der Waals surface area contributed by atoms with Gasteiger partial charge in [-0.05, 0) is 23.6 Å². The summed E-state index contributed by atoms with van der Waals surface area (Å²) in [5.41, 5.74) is 8.89. The van der Waals surface area contributed by atoms with E-state index in [2.05, 4.69) is 148 Å². The monoisotopic (exact) mass is 584 g/mol. The molecule has 0 aliphatic heterocycles. The molecular formula is C42H24N4. The lowest BCUT2D eigenvalue weighted by atomic mass is 9.98. The summed E-state index contributed by atoms with van der Waals surface area (Å²) in [4.78, 5) is 10.6. The number of benzene rings is 7. The highest BCUT2D eigenvalue weighted by atomic mass is 15.2. The predicted octanol–water partition coefficient (Wildman–Crippen LogP) is 10.7. The third-order valence-corrected chi connectivity index (χ3v) is 9.83. The molecule has 0 fully saturated rings. The Hall–Kier alpha value is -6.26. The Morgan fingerprint density at radius 3 is 1.83 bits per heavy atom. The molecule has 0 bridgehead atoms. The summed E-state index contributed by atoms with van der Waals surface area (Å²) in [6.07, 6.45) is 0. The fourth-order valence-corrected chi connectivity index (χ4v) is 8.03. The highest BCUT2D eigenvalue weighted by molar-refractivity contribution is 6.39. The highest BCUT2D eigenvalue weighted by Crippen LogP contribution is 2.48. The van der Waals surface area contributed by atoms with Crippen LogP contribution in [-0.4, -0.2) is 18.9 Å². The van der Waals surface area contributed by atoms with Gasteiger partial charge >= 0.3 is 0 Å². The summed E-state index contributed by atoms with van der Waals surface area (Å²) < 4.78 is 4.82. The lowest BCUT2D eigenvalue weighted by Crippen LogP contribution is -2.03. The SMILES string of the molecule is c1ccc(-c2nc(-n3c4ccccc4c4c3c3ccccc3c3c5cccc6c7ccccc7n(c65)c34)nc3ccccc23)cc1. The fraction of sp³-hybridized carbons (Fsp3) is 0. The zero-order valence-electron chi connectivity index (χ0n) is 24.6. The van der Waals surface area contributed by atoms with Crippen molar-refractivity contribution in [3.8, 4) is 17.2 Å². The summed E-state index contributed by atoms with van der Waals surface area (Å²) in [7, 11) is 0. The van der Waals surface area contributed by atoms with Crippen molar-refractivity contribution in [1.82, 2.24) is 18.9 Å². The van der Waals surface area contributed by atoms with Crippen LogP contribution in [0.1, 0.15) is 0 Å². The Bertz CT molecular complexity index is 3020. The van der Waals surface area contributed by atoms with E-state index in [-0.39, 0.29) is 0 Å². The Morgan fingerprint density at radius 2 is 0.978 bits per heavy atom. The molecule has 0 N–H and O–H groups in total. The molecule has 0 aliphatic carbocycles. The van der Waals surface area contributed by atoms with Crippen molar-refractivity contribution in [3.05, 3.63) is 146 Å². The van der Waals surface area contributed by atoms with Crippen LogP contribution in [0.4, 0.5) is 0 Å². The Labute approximate surface area is 262 Å². The minimum absolute atomic E-state index is 0.673. The van der Waals surface area contributed by atoms with Crippen molar-refractivity contribution in [2.24, 2.45) is 0 Å². The topological polar surface area (TPSA) is 35.1 Å². The van der Waals surface area contributed by atoms with Gasteiger partial charge in [0.1, 0.15) is 0 Å². The van der Waals surface area contributed by atoms with E-state index in [1.54, 1.807) is 0 Å². The van der Waals surface area contributed by atoms with E-state index in [0.29, 0.717) is 5.95 Å². The van der Waals surface area contributed by atoms with Crippen LogP contribution in [0.5, 0.6) is 0 Å². The van der Waals surface area contributed by atoms with E-state index in [0.717, 1.165) is 33.2 Å². The third-order valence-electron chi connectivity index (χ3n) is 9.83. The molecule has 0 atom stereocenters. The molecule has 11 rings (SSSR count). The molecule has 4 nitrogen and oxygen atoms in total. The maximum absolute atomic E-state index is 5.38. The summed E-state index contributed by atoms with van der Waals surface area (Å²) >= 11 is 0. The van der Waals surface area contributed by atoms with Crippen molar-refractivity contribution in [2.45, 2.75) is 0 Å². The van der Waals surface area contributed by atoms with Crippen molar-refractivity contribution >= 4 is 81.6 Å². The van der Waals surface area contributed by atoms with E-state index in [4.69, 9.17) is 9.97 Å². The Kier molecular flexibility index (Phi) is 4.55. The second-order valence-corrected chi connectivity index (χ2v) is 12.2. The standard InChI is InChI=1S/C42H24N4/c1-2-13-25(14-3-1)38-30-18-6-9-22-33(30)43-42(44-38)46-35-24-11-8-19-31(35)37-40(46)29-17-5-4-16-27(29)36-32-21-12-20-28-26-15-7-10-23-34(26)45(39(28)32)41(36)37/h1-24H. The van der Waals surface area contributed by atoms with Gasteiger partial charge in [0, 0.05) is 48.7 Å². The molecule has 4 aromatic heterocycles. The number of hydrogen-bond acceptors (Lipinski definition) is 2. The molecule has 0 aliphatic rings. The van der Waals surface area contributed by atoms with E-state index in [9.17, 15) is 0 Å². The number of hydrogen-bond donors (Lipinski definition) is 0. The molecule has 46 heavy (non-hydrogen) atoms. The molecule has 0 radical (unpaired) electrons. The van der Waals surface area contributed by atoms with Gasteiger partial charge in [-0.3, -0.25) is 4.57 Å². The van der Waals surface area contributed by atoms with Crippen molar-refractivity contribution in [3.63, 3.8) is 0 Å². The molecule has 11 aromatic rings.